The lowest BCUT2D eigenvalue weighted by Gasteiger charge is -2.63. The van der Waals surface area contributed by atoms with Crippen molar-refractivity contribution in [3.8, 4) is 0 Å². The van der Waals surface area contributed by atoms with Crippen molar-refractivity contribution in [3.63, 3.8) is 0 Å². The van der Waals surface area contributed by atoms with Crippen LogP contribution < -0.4 is 4.90 Å². The van der Waals surface area contributed by atoms with Crippen molar-refractivity contribution in [2.75, 3.05) is 11.4 Å². The van der Waals surface area contributed by atoms with Crippen LogP contribution in [0.3, 0.4) is 0 Å². The van der Waals surface area contributed by atoms with Gasteiger partial charge in [-0.3, -0.25) is 0 Å². The molecule has 2 aromatic rings. The standard InChI is InChI=1S/C24H27N/c1-16-18-11-17-12-19(14-18)24(22(16)13-17)15-25(20-7-3-2-4-8-20)23-10-6-5-9-21(23)24/h2-10,16-19,22H,11-15H2,1H3. The quantitative estimate of drug-likeness (QED) is 0.641. The number of fused-ring (bicyclic) bond motifs is 1. The zero-order valence-corrected chi connectivity index (χ0v) is 15.1. The first-order chi connectivity index (χ1) is 12.3. The van der Waals surface area contributed by atoms with Crippen molar-refractivity contribution < 1.29 is 0 Å². The zero-order chi connectivity index (χ0) is 16.6. The van der Waals surface area contributed by atoms with E-state index in [-0.39, 0.29) is 0 Å². The van der Waals surface area contributed by atoms with Gasteiger partial charge in [0.2, 0.25) is 0 Å². The number of anilines is 2. The molecule has 0 radical (unpaired) electrons. The highest BCUT2D eigenvalue weighted by molar-refractivity contribution is 5.73. The summed E-state index contributed by atoms with van der Waals surface area (Å²) in [5, 5.41) is 0. The van der Waals surface area contributed by atoms with Gasteiger partial charge < -0.3 is 4.90 Å². The Morgan fingerprint density at radius 3 is 2.56 bits per heavy atom. The fourth-order valence-corrected chi connectivity index (χ4v) is 7.45. The predicted molar refractivity (Wildman–Crippen MR) is 103 cm³/mol. The Morgan fingerprint density at radius 2 is 1.68 bits per heavy atom. The number of hydrogen-bond donors (Lipinski definition) is 0. The van der Waals surface area contributed by atoms with Crippen LogP contribution in [-0.4, -0.2) is 6.54 Å². The van der Waals surface area contributed by atoms with E-state index in [4.69, 9.17) is 0 Å². The summed E-state index contributed by atoms with van der Waals surface area (Å²) in [6.45, 7) is 3.78. The molecule has 0 amide bonds. The highest BCUT2D eigenvalue weighted by Gasteiger charge is 2.63. The van der Waals surface area contributed by atoms with Crippen LogP contribution in [-0.2, 0) is 5.41 Å². The Hall–Kier alpha value is -1.76. The van der Waals surface area contributed by atoms with Gasteiger partial charge in [0, 0.05) is 23.3 Å². The van der Waals surface area contributed by atoms with Crippen LogP contribution in [0, 0.1) is 29.6 Å². The van der Waals surface area contributed by atoms with Crippen LogP contribution >= 0.6 is 0 Å². The fraction of sp³-hybridized carbons (Fsp3) is 0.500. The van der Waals surface area contributed by atoms with Gasteiger partial charge in [0.15, 0.2) is 0 Å². The monoisotopic (exact) mass is 329 g/mol. The van der Waals surface area contributed by atoms with E-state index in [1.54, 1.807) is 5.56 Å². The van der Waals surface area contributed by atoms with E-state index < -0.39 is 0 Å². The van der Waals surface area contributed by atoms with Crippen molar-refractivity contribution in [2.45, 2.75) is 38.0 Å². The molecule has 2 aromatic carbocycles. The number of nitrogens with zero attached hydrogens (tertiary/aromatic N) is 1. The molecule has 1 aliphatic heterocycles. The third kappa shape index (κ3) is 1.75. The molecule has 1 nitrogen and oxygen atoms in total. The first kappa shape index (κ1) is 14.4. The minimum Gasteiger partial charge on any atom is -0.340 e. The molecule has 1 heterocycles. The molecule has 25 heavy (non-hydrogen) atoms. The third-order valence-electron chi connectivity index (χ3n) is 8.38. The van der Waals surface area contributed by atoms with Gasteiger partial charge in [-0.2, -0.15) is 0 Å². The topological polar surface area (TPSA) is 3.24 Å². The summed E-state index contributed by atoms with van der Waals surface area (Å²) in [4.78, 5) is 2.63. The molecule has 1 spiro atoms. The van der Waals surface area contributed by atoms with Crippen LogP contribution in [0.15, 0.2) is 54.6 Å². The molecule has 7 rings (SSSR count). The average molecular weight is 329 g/mol. The second kappa shape index (κ2) is 4.90. The van der Waals surface area contributed by atoms with Crippen molar-refractivity contribution in [2.24, 2.45) is 29.6 Å². The van der Waals surface area contributed by atoms with Crippen molar-refractivity contribution >= 4 is 11.4 Å². The maximum absolute atomic E-state index is 2.63. The minimum absolute atomic E-state index is 0.402. The normalized spacial score (nSPS) is 40.7. The Morgan fingerprint density at radius 1 is 0.880 bits per heavy atom. The number of para-hydroxylation sites is 2. The van der Waals surface area contributed by atoms with Crippen LogP contribution in [0.2, 0.25) is 0 Å². The smallest absolute Gasteiger partial charge is 0.0450 e. The van der Waals surface area contributed by atoms with Crippen molar-refractivity contribution in [1.82, 2.24) is 0 Å². The second-order valence-electron chi connectivity index (χ2n) is 9.21. The Balaban J connectivity index is 1.53. The largest absolute Gasteiger partial charge is 0.340 e. The van der Waals surface area contributed by atoms with E-state index in [1.165, 1.54) is 43.6 Å². The molecule has 0 aromatic heterocycles. The molecule has 4 aliphatic carbocycles. The Kier molecular flexibility index (Phi) is 2.83. The molecule has 6 atom stereocenters. The summed E-state index contributed by atoms with van der Waals surface area (Å²) in [5.41, 5.74) is 4.92. The SMILES string of the molecule is CC1C2CC3CC(C2)C2(CN(c4ccccc4)c4ccccc42)C1C3. The average Bonchev–Trinajstić information content (AvgIpc) is 3.00. The summed E-state index contributed by atoms with van der Waals surface area (Å²) < 4.78 is 0. The van der Waals surface area contributed by atoms with Gasteiger partial charge in [-0.05, 0) is 79.0 Å². The number of rotatable bonds is 1. The molecule has 4 fully saturated rings. The maximum atomic E-state index is 2.63. The first-order valence-corrected chi connectivity index (χ1v) is 10.2. The minimum atomic E-state index is 0.402. The van der Waals surface area contributed by atoms with Crippen molar-refractivity contribution in [1.29, 1.82) is 0 Å². The molecule has 0 N–H and O–H groups in total. The lowest BCUT2D eigenvalue weighted by atomic mass is 9.41. The van der Waals surface area contributed by atoms with Crippen LogP contribution in [0.25, 0.3) is 0 Å². The number of benzene rings is 2. The predicted octanol–water partition coefficient (Wildman–Crippen LogP) is 5.78. The number of hydrogen-bond acceptors (Lipinski definition) is 1. The Bertz CT molecular complexity index is 812. The summed E-state index contributed by atoms with van der Waals surface area (Å²) in [5.74, 6) is 4.72. The Labute approximate surface area is 151 Å². The molecule has 128 valence electrons. The van der Waals surface area contributed by atoms with Gasteiger partial charge in [0.05, 0.1) is 0 Å². The van der Waals surface area contributed by atoms with E-state index >= 15 is 0 Å². The van der Waals surface area contributed by atoms with Gasteiger partial charge in [-0.15, -0.1) is 0 Å². The van der Waals surface area contributed by atoms with Gasteiger partial charge in [0.1, 0.15) is 0 Å². The summed E-state index contributed by atoms with van der Waals surface area (Å²) >= 11 is 0. The highest BCUT2D eigenvalue weighted by Crippen LogP contribution is 2.68. The second-order valence-corrected chi connectivity index (χ2v) is 9.21. The van der Waals surface area contributed by atoms with Crippen LogP contribution in [0.5, 0.6) is 0 Å². The zero-order valence-electron chi connectivity index (χ0n) is 15.1. The van der Waals surface area contributed by atoms with Gasteiger partial charge in [-0.25, -0.2) is 0 Å². The maximum Gasteiger partial charge on any atom is 0.0450 e. The van der Waals surface area contributed by atoms with E-state index in [0.29, 0.717) is 5.41 Å². The van der Waals surface area contributed by atoms with Gasteiger partial charge >= 0.3 is 0 Å². The molecule has 0 saturated heterocycles. The summed E-state index contributed by atoms with van der Waals surface area (Å²) in [7, 11) is 0. The fourth-order valence-electron chi connectivity index (χ4n) is 7.45. The van der Waals surface area contributed by atoms with Gasteiger partial charge in [-0.1, -0.05) is 43.3 Å². The van der Waals surface area contributed by atoms with E-state index in [9.17, 15) is 0 Å². The van der Waals surface area contributed by atoms with E-state index in [0.717, 1.165) is 29.6 Å². The molecule has 4 bridgehead atoms. The molecule has 4 saturated carbocycles. The van der Waals surface area contributed by atoms with Crippen LogP contribution in [0.1, 0.15) is 38.2 Å². The first-order valence-electron chi connectivity index (χ1n) is 10.2. The third-order valence-corrected chi connectivity index (χ3v) is 8.38. The van der Waals surface area contributed by atoms with E-state index in [1.807, 2.05) is 0 Å². The molecule has 6 unspecified atom stereocenters. The highest BCUT2D eigenvalue weighted by atomic mass is 15.2. The van der Waals surface area contributed by atoms with Gasteiger partial charge in [0.25, 0.3) is 0 Å². The molecule has 5 aliphatic rings. The molecular weight excluding hydrogens is 302 g/mol. The van der Waals surface area contributed by atoms with E-state index in [2.05, 4.69) is 66.4 Å². The molecular formula is C24H27N. The lowest BCUT2D eigenvalue weighted by molar-refractivity contribution is -0.0930. The lowest BCUT2D eigenvalue weighted by Crippen LogP contribution is -2.60. The summed E-state index contributed by atoms with van der Waals surface area (Å²) in [6, 6.07) is 20.4. The summed E-state index contributed by atoms with van der Waals surface area (Å²) in [6.07, 6.45) is 5.96. The van der Waals surface area contributed by atoms with Crippen LogP contribution in [0.4, 0.5) is 11.4 Å². The molecule has 1 heteroatoms. The van der Waals surface area contributed by atoms with Crippen molar-refractivity contribution in [3.05, 3.63) is 60.2 Å².